The molecule has 1 aromatic heterocycles. The molecule has 0 amide bonds. The molecule has 0 aliphatic carbocycles. The Bertz CT molecular complexity index is 431. The standard InChI is InChI=1S/C12H18ClN3OS/c1-2-14-8-10-7-12(15-9-11(10)13)16-3-5-18(17)6-4-16/h7,9,14H,2-6,8H2,1H3. The van der Waals surface area contributed by atoms with Crippen LogP contribution in [0, 0.1) is 0 Å². The van der Waals surface area contributed by atoms with Gasteiger partial charge in [-0.15, -0.1) is 0 Å². The van der Waals surface area contributed by atoms with Crippen molar-refractivity contribution in [1.29, 1.82) is 0 Å². The van der Waals surface area contributed by atoms with E-state index in [-0.39, 0.29) is 0 Å². The van der Waals surface area contributed by atoms with Crippen LogP contribution in [0.4, 0.5) is 5.82 Å². The van der Waals surface area contributed by atoms with Gasteiger partial charge in [0.15, 0.2) is 0 Å². The van der Waals surface area contributed by atoms with Crippen LogP contribution in [0.1, 0.15) is 12.5 Å². The summed E-state index contributed by atoms with van der Waals surface area (Å²) in [7, 11) is -0.657. The largest absolute Gasteiger partial charge is 0.355 e. The van der Waals surface area contributed by atoms with Crippen molar-refractivity contribution in [2.45, 2.75) is 13.5 Å². The molecule has 1 aromatic rings. The summed E-state index contributed by atoms with van der Waals surface area (Å²) in [5.74, 6) is 2.39. The third-order valence-electron chi connectivity index (χ3n) is 2.99. The van der Waals surface area contributed by atoms with E-state index in [2.05, 4.69) is 22.1 Å². The summed E-state index contributed by atoms with van der Waals surface area (Å²) in [6.07, 6.45) is 1.70. The third kappa shape index (κ3) is 3.43. The normalized spacial score (nSPS) is 17.1. The molecule has 0 atom stereocenters. The summed E-state index contributed by atoms with van der Waals surface area (Å²) in [6.45, 7) is 5.35. The van der Waals surface area contributed by atoms with E-state index in [0.29, 0.717) is 5.02 Å². The van der Waals surface area contributed by atoms with Gasteiger partial charge in [0, 0.05) is 48.1 Å². The molecule has 2 heterocycles. The van der Waals surface area contributed by atoms with Gasteiger partial charge in [-0.1, -0.05) is 18.5 Å². The number of anilines is 1. The number of aromatic nitrogens is 1. The van der Waals surface area contributed by atoms with Crippen LogP contribution in [-0.4, -0.2) is 40.3 Å². The van der Waals surface area contributed by atoms with Crippen LogP contribution < -0.4 is 10.2 Å². The molecule has 0 saturated carbocycles. The Balaban J connectivity index is 2.10. The predicted molar refractivity (Wildman–Crippen MR) is 76.7 cm³/mol. The van der Waals surface area contributed by atoms with Gasteiger partial charge >= 0.3 is 0 Å². The molecule has 100 valence electrons. The molecule has 1 aliphatic rings. The third-order valence-corrected chi connectivity index (χ3v) is 4.60. The number of hydrogen-bond acceptors (Lipinski definition) is 4. The Morgan fingerprint density at radius 2 is 2.22 bits per heavy atom. The average Bonchev–Trinajstić information content (AvgIpc) is 2.39. The molecule has 1 fully saturated rings. The highest BCUT2D eigenvalue weighted by Crippen LogP contribution is 2.21. The second-order valence-electron chi connectivity index (χ2n) is 4.25. The van der Waals surface area contributed by atoms with Gasteiger partial charge in [0.25, 0.3) is 0 Å². The smallest absolute Gasteiger partial charge is 0.128 e. The average molecular weight is 288 g/mol. The second kappa shape index (κ2) is 6.50. The highest BCUT2D eigenvalue weighted by molar-refractivity contribution is 7.85. The van der Waals surface area contributed by atoms with E-state index in [1.807, 2.05) is 6.07 Å². The summed E-state index contributed by atoms with van der Waals surface area (Å²) < 4.78 is 11.3. The van der Waals surface area contributed by atoms with E-state index < -0.39 is 10.8 Å². The molecule has 0 radical (unpaired) electrons. The zero-order valence-electron chi connectivity index (χ0n) is 10.5. The maximum absolute atomic E-state index is 11.3. The van der Waals surface area contributed by atoms with Gasteiger partial charge in [-0.2, -0.15) is 0 Å². The van der Waals surface area contributed by atoms with Crippen molar-refractivity contribution in [3.05, 3.63) is 22.8 Å². The van der Waals surface area contributed by atoms with E-state index in [4.69, 9.17) is 11.6 Å². The molecule has 2 rings (SSSR count). The zero-order chi connectivity index (χ0) is 13.0. The van der Waals surface area contributed by atoms with Crippen molar-refractivity contribution >= 4 is 28.2 Å². The van der Waals surface area contributed by atoms with Crippen LogP contribution in [0.25, 0.3) is 0 Å². The van der Waals surface area contributed by atoms with Crippen molar-refractivity contribution in [1.82, 2.24) is 10.3 Å². The van der Waals surface area contributed by atoms with Crippen molar-refractivity contribution in [2.75, 3.05) is 36.0 Å². The van der Waals surface area contributed by atoms with Gasteiger partial charge < -0.3 is 10.2 Å². The summed E-state index contributed by atoms with van der Waals surface area (Å²) in [6, 6.07) is 2.03. The number of hydrogen-bond donors (Lipinski definition) is 1. The van der Waals surface area contributed by atoms with Crippen molar-refractivity contribution < 1.29 is 4.21 Å². The van der Waals surface area contributed by atoms with Gasteiger partial charge in [0.05, 0.1) is 5.02 Å². The number of rotatable bonds is 4. The maximum atomic E-state index is 11.3. The fourth-order valence-corrected chi connectivity index (χ4v) is 3.13. The van der Waals surface area contributed by atoms with E-state index in [1.54, 1.807) is 6.20 Å². The van der Waals surface area contributed by atoms with Crippen LogP contribution in [0.2, 0.25) is 5.02 Å². The van der Waals surface area contributed by atoms with Crippen molar-refractivity contribution in [3.63, 3.8) is 0 Å². The zero-order valence-corrected chi connectivity index (χ0v) is 12.1. The molecule has 0 spiro atoms. The Morgan fingerprint density at radius 1 is 1.50 bits per heavy atom. The van der Waals surface area contributed by atoms with Gasteiger partial charge in [-0.05, 0) is 18.2 Å². The first kappa shape index (κ1) is 13.8. The Labute approximate surface area is 115 Å². The monoisotopic (exact) mass is 287 g/mol. The molecule has 0 unspecified atom stereocenters. The van der Waals surface area contributed by atoms with Crippen molar-refractivity contribution in [3.8, 4) is 0 Å². The first-order valence-electron chi connectivity index (χ1n) is 6.15. The molecule has 0 aromatic carbocycles. The number of pyridine rings is 1. The molecular formula is C12H18ClN3OS. The summed E-state index contributed by atoms with van der Waals surface area (Å²) in [4.78, 5) is 6.54. The lowest BCUT2D eigenvalue weighted by Crippen LogP contribution is -2.38. The molecule has 0 bridgehead atoms. The van der Waals surface area contributed by atoms with E-state index in [0.717, 1.165) is 49.1 Å². The molecule has 18 heavy (non-hydrogen) atoms. The number of halogens is 1. The van der Waals surface area contributed by atoms with Crippen molar-refractivity contribution in [2.24, 2.45) is 0 Å². The van der Waals surface area contributed by atoms with Crippen LogP contribution >= 0.6 is 11.6 Å². The Kier molecular flexibility index (Phi) is 4.97. The topological polar surface area (TPSA) is 45.2 Å². The lowest BCUT2D eigenvalue weighted by molar-refractivity contribution is 0.672. The summed E-state index contributed by atoms with van der Waals surface area (Å²) >= 11 is 6.12. The summed E-state index contributed by atoms with van der Waals surface area (Å²) in [5, 5.41) is 3.96. The number of nitrogens with one attached hydrogen (secondary N) is 1. The highest BCUT2D eigenvalue weighted by atomic mass is 35.5. The van der Waals surface area contributed by atoms with Crippen LogP contribution in [0.3, 0.4) is 0 Å². The minimum absolute atomic E-state index is 0.657. The van der Waals surface area contributed by atoms with E-state index >= 15 is 0 Å². The van der Waals surface area contributed by atoms with Crippen LogP contribution in [-0.2, 0) is 17.3 Å². The van der Waals surface area contributed by atoms with Gasteiger partial charge in [-0.25, -0.2) is 4.98 Å². The fourth-order valence-electron chi connectivity index (χ4n) is 1.90. The lowest BCUT2D eigenvalue weighted by Gasteiger charge is -2.27. The first-order valence-corrected chi connectivity index (χ1v) is 8.02. The highest BCUT2D eigenvalue weighted by Gasteiger charge is 2.17. The summed E-state index contributed by atoms with van der Waals surface area (Å²) in [5.41, 5.74) is 1.07. The molecule has 1 N–H and O–H groups in total. The van der Waals surface area contributed by atoms with Crippen LogP contribution in [0.15, 0.2) is 12.3 Å². The molecule has 6 heteroatoms. The predicted octanol–water partition coefficient (Wildman–Crippen LogP) is 1.41. The molecular weight excluding hydrogens is 270 g/mol. The Morgan fingerprint density at radius 3 is 2.89 bits per heavy atom. The van der Waals surface area contributed by atoms with E-state index in [1.165, 1.54) is 0 Å². The van der Waals surface area contributed by atoms with E-state index in [9.17, 15) is 4.21 Å². The quantitative estimate of drug-likeness (QED) is 0.910. The lowest BCUT2D eigenvalue weighted by atomic mass is 10.2. The number of nitrogens with zero attached hydrogens (tertiary/aromatic N) is 2. The molecule has 4 nitrogen and oxygen atoms in total. The van der Waals surface area contributed by atoms with Gasteiger partial charge in [0.2, 0.25) is 0 Å². The maximum Gasteiger partial charge on any atom is 0.128 e. The van der Waals surface area contributed by atoms with Gasteiger partial charge in [-0.3, -0.25) is 4.21 Å². The fraction of sp³-hybridized carbons (Fsp3) is 0.583. The minimum Gasteiger partial charge on any atom is -0.355 e. The second-order valence-corrected chi connectivity index (χ2v) is 6.35. The SMILES string of the molecule is CCNCc1cc(N2CCS(=O)CC2)ncc1Cl. The minimum atomic E-state index is -0.657. The van der Waals surface area contributed by atoms with Crippen LogP contribution in [0.5, 0.6) is 0 Å². The molecule has 1 saturated heterocycles. The molecule has 1 aliphatic heterocycles. The van der Waals surface area contributed by atoms with Gasteiger partial charge in [0.1, 0.15) is 5.82 Å². The Hall–Kier alpha value is -0.650. The first-order chi connectivity index (χ1) is 8.70.